The molecule has 0 unspecified atom stereocenters. The molecule has 0 amide bonds. The Kier molecular flexibility index (Phi) is 5.89. The van der Waals surface area contributed by atoms with Crippen molar-refractivity contribution in [1.29, 1.82) is 0 Å². The van der Waals surface area contributed by atoms with Gasteiger partial charge in [0.05, 0.1) is 22.1 Å². The first kappa shape index (κ1) is 20.0. The van der Waals surface area contributed by atoms with Crippen LogP contribution in [0.15, 0.2) is 53.2 Å². The molecule has 2 aromatic rings. The Morgan fingerprint density at radius 2 is 2.00 bits per heavy atom. The number of nitro benzene ring substituents is 1. The Hall–Kier alpha value is -3.72. The third-order valence-electron chi connectivity index (χ3n) is 3.66. The second kappa shape index (κ2) is 8.53. The third-order valence-corrected chi connectivity index (χ3v) is 3.97. The van der Waals surface area contributed by atoms with E-state index in [-0.39, 0.29) is 40.2 Å². The smallest absolute Gasteiger partial charge is 0.434 e. The fourth-order valence-corrected chi connectivity index (χ4v) is 2.60. The number of halogens is 1. The average Bonchev–Trinajstić information content (AvgIpc) is 3.03. The minimum absolute atomic E-state index is 0.0217. The zero-order valence-electron chi connectivity index (χ0n) is 15.0. The van der Waals surface area contributed by atoms with Crippen molar-refractivity contribution in [2.75, 3.05) is 6.61 Å². The summed E-state index contributed by atoms with van der Waals surface area (Å²) in [5, 5.41) is 10.8. The maximum absolute atomic E-state index is 12.1. The molecule has 0 fully saturated rings. The molecule has 0 radical (unpaired) electrons. The van der Waals surface area contributed by atoms with Crippen molar-refractivity contribution in [3.05, 3.63) is 74.4 Å². The lowest BCUT2D eigenvalue weighted by atomic mass is 10.2. The van der Waals surface area contributed by atoms with Gasteiger partial charge in [0.2, 0.25) is 5.90 Å². The Morgan fingerprint density at radius 1 is 1.28 bits per heavy atom. The maximum Gasteiger partial charge on any atom is 0.513 e. The first-order valence-electron chi connectivity index (χ1n) is 8.29. The number of rotatable bonds is 5. The van der Waals surface area contributed by atoms with Gasteiger partial charge >= 0.3 is 12.1 Å². The summed E-state index contributed by atoms with van der Waals surface area (Å²) in [5.41, 5.74) is 0.693. The zero-order chi connectivity index (χ0) is 21.0. The minimum atomic E-state index is -0.813. The number of esters is 1. The van der Waals surface area contributed by atoms with Crippen molar-refractivity contribution < 1.29 is 28.7 Å². The van der Waals surface area contributed by atoms with E-state index >= 15 is 0 Å². The fraction of sp³-hybridized carbons (Fsp3) is 0.105. The standard InChI is InChI=1S/C19H13ClN2O7/c1-2-27-19(24)28-13-6-3-11(4-7-13)9-16-18(23)29-17(21-16)14-8-5-12(22(25)26)10-15(14)20/h3-10H,2H2,1H3. The molecule has 0 aliphatic carbocycles. The highest BCUT2D eigenvalue weighted by molar-refractivity contribution is 6.34. The van der Waals surface area contributed by atoms with Crippen LogP contribution in [0.1, 0.15) is 18.1 Å². The first-order chi connectivity index (χ1) is 13.9. The number of hydrogen-bond acceptors (Lipinski definition) is 8. The fourth-order valence-electron chi connectivity index (χ4n) is 2.35. The number of nitrogens with zero attached hydrogens (tertiary/aromatic N) is 2. The average molecular weight is 417 g/mol. The lowest BCUT2D eigenvalue weighted by molar-refractivity contribution is -0.384. The molecule has 0 saturated heterocycles. The quantitative estimate of drug-likeness (QED) is 0.236. The van der Waals surface area contributed by atoms with Gasteiger partial charge in [-0.05, 0) is 36.8 Å². The predicted molar refractivity (Wildman–Crippen MR) is 103 cm³/mol. The highest BCUT2D eigenvalue weighted by Gasteiger charge is 2.26. The number of benzene rings is 2. The molecule has 148 valence electrons. The van der Waals surface area contributed by atoms with Crippen molar-refractivity contribution >= 4 is 41.4 Å². The van der Waals surface area contributed by atoms with Crippen LogP contribution in [0.4, 0.5) is 10.5 Å². The lowest BCUT2D eigenvalue weighted by Crippen LogP contribution is -2.09. The van der Waals surface area contributed by atoms with E-state index < -0.39 is 17.0 Å². The lowest BCUT2D eigenvalue weighted by Gasteiger charge is -2.03. The largest absolute Gasteiger partial charge is 0.513 e. The van der Waals surface area contributed by atoms with Crippen LogP contribution in [0.5, 0.6) is 5.75 Å². The summed E-state index contributed by atoms with van der Waals surface area (Å²) in [5.74, 6) is -0.467. The topological polar surface area (TPSA) is 117 Å². The molecule has 0 spiro atoms. The SMILES string of the molecule is CCOC(=O)Oc1ccc(C=C2N=C(c3ccc([N+](=O)[O-])cc3Cl)OC2=O)cc1. The van der Waals surface area contributed by atoms with Gasteiger partial charge in [0.1, 0.15) is 5.75 Å². The van der Waals surface area contributed by atoms with Crippen molar-refractivity contribution in [1.82, 2.24) is 0 Å². The molecule has 3 rings (SSSR count). The van der Waals surface area contributed by atoms with Crippen LogP contribution < -0.4 is 4.74 Å². The normalized spacial score (nSPS) is 14.3. The van der Waals surface area contributed by atoms with E-state index in [4.69, 9.17) is 21.1 Å². The van der Waals surface area contributed by atoms with Gasteiger partial charge in [-0.1, -0.05) is 23.7 Å². The zero-order valence-corrected chi connectivity index (χ0v) is 15.7. The number of nitro groups is 1. The third kappa shape index (κ3) is 4.77. The predicted octanol–water partition coefficient (Wildman–Crippen LogP) is 4.13. The Morgan fingerprint density at radius 3 is 2.62 bits per heavy atom. The Labute approximate surface area is 169 Å². The molecule has 0 aromatic heterocycles. The van der Waals surface area contributed by atoms with Gasteiger partial charge in [-0.3, -0.25) is 10.1 Å². The van der Waals surface area contributed by atoms with Gasteiger partial charge in [-0.25, -0.2) is 14.6 Å². The number of non-ortho nitro benzene ring substituents is 1. The molecule has 9 nitrogen and oxygen atoms in total. The molecule has 2 aromatic carbocycles. The van der Waals surface area contributed by atoms with Crippen LogP contribution in [0.2, 0.25) is 5.02 Å². The van der Waals surface area contributed by atoms with Gasteiger partial charge in [-0.2, -0.15) is 0 Å². The van der Waals surface area contributed by atoms with E-state index in [0.29, 0.717) is 5.56 Å². The minimum Gasteiger partial charge on any atom is -0.434 e. The monoisotopic (exact) mass is 416 g/mol. The summed E-state index contributed by atoms with van der Waals surface area (Å²) in [6.45, 7) is 1.86. The van der Waals surface area contributed by atoms with Crippen molar-refractivity contribution in [2.24, 2.45) is 4.99 Å². The van der Waals surface area contributed by atoms with Crippen molar-refractivity contribution in [3.8, 4) is 5.75 Å². The molecule has 0 atom stereocenters. The highest BCUT2D eigenvalue weighted by atomic mass is 35.5. The van der Waals surface area contributed by atoms with Crippen LogP contribution in [-0.2, 0) is 14.3 Å². The summed E-state index contributed by atoms with van der Waals surface area (Å²) in [6.07, 6.45) is 0.662. The molecule has 1 heterocycles. The van der Waals surface area contributed by atoms with Gasteiger partial charge in [0.25, 0.3) is 5.69 Å². The Balaban J connectivity index is 1.80. The Bertz CT molecular complexity index is 1050. The maximum atomic E-state index is 12.1. The van der Waals surface area contributed by atoms with Crippen molar-refractivity contribution in [3.63, 3.8) is 0 Å². The number of cyclic esters (lactones) is 1. The van der Waals surface area contributed by atoms with E-state index in [1.807, 2.05) is 0 Å². The molecule has 0 N–H and O–H groups in total. The molecule has 1 aliphatic heterocycles. The molecule has 1 aliphatic rings. The van der Waals surface area contributed by atoms with Crippen LogP contribution in [0.25, 0.3) is 6.08 Å². The van der Waals surface area contributed by atoms with E-state index in [1.54, 1.807) is 19.1 Å². The van der Waals surface area contributed by atoms with Crippen LogP contribution in [0.3, 0.4) is 0 Å². The molecular formula is C19H13ClN2O7. The second-order valence-corrected chi connectivity index (χ2v) is 6.02. The van der Waals surface area contributed by atoms with E-state index in [2.05, 4.69) is 9.73 Å². The van der Waals surface area contributed by atoms with Gasteiger partial charge in [0.15, 0.2) is 5.70 Å². The number of ether oxygens (including phenoxy) is 3. The summed E-state index contributed by atoms with van der Waals surface area (Å²) in [7, 11) is 0. The van der Waals surface area contributed by atoms with E-state index in [1.165, 1.54) is 30.3 Å². The van der Waals surface area contributed by atoms with Crippen LogP contribution in [0, 0.1) is 10.1 Å². The molecule has 0 bridgehead atoms. The van der Waals surface area contributed by atoms with Crippen LogP contribution in [-0.4, -0.2) is 29.6 Å². The molecule has 29 heavy (non-hydrogen) atoms. The summed E-state index contributed by atoms with van der Waals surface area (Å²) in [4.78, 5) is 37.7. The first-order valence-corrected chi connectivity index (χ1v) is 8.66. The van der Waals surface area contributed by atoms with Gasteiger partial charge in [-0.15, -0.1) is 0 Å². The molecular weight excluding hydrogens is 404 g/mol. The number of aliphatic imine (C=N–C) groups is 1. The number of carbonyl (C=O) groups excluding carboxylic acids is 2. The van der Waals surface area contributed by atoms with E-state index in [9.17, 15) is 19.7 Å². The number of carbonyl (C=O) groups is 2. The van der Waals surface area contributed by atoms with Gasteiger partial charge < -0.3 is 14.2 Å². The summed E-state index contributed by atoms with van der Waals surface area (Å²) in [6, 6.07) is 10.0. The van der Waals surface area contributed by atoms with Gasteiger partial charge in [0, 0.05) is 12.1 Å². The van der Waals surface area contributed by atoms with E-state index in [0.717, 1.165) is 6.07 Å². The molecule has 10 heteroatoms. The highest BCUT2D eigenvalue weighted by Crippen LogP contribution is 2.27. The second-order valence-electron chi connectivity index (χ2n) is 5.61. The summed E-state index contributed by atoms with van der Waals surface area (Å²) >= 11 is 6.04. The molecule has 0 saturated carbocycles. The summed E-state index contributed by atoms with van der Waals surface area (Å²) < 4.78 is 14.8. The van der Waals surface area contributed by atoms with Crippen molar-refractivity contribution in [2.45, 2.75) is 6.92 Å². The number of hydrogen-bond donors (Lipinski definition) is 0. The van der Waals surface area contributed by atoms with Crippen LogP contribution >= 0.6 is 11.6 Å².